The van der Waals surface area contributed by atoms with E-state index in [1.54, 1.807) is 0 Å². The summed E-state index contributed by atoms with van der Waals surface area (Å²) in [6.07, 6.45) is 7.63. The summed E-state index contributed by atoms with van der Waals surface area (Å²) in [5.41, 5.74) is 1.71. The van der Waals surface area contributed by atoms with Gasteiger partial charge in [-0.2, -0.15) is 0 Å². The first-order chi connectivity index (χ1) is 10.1. The third kappa shape index (κ3) is 5.71. The molecule has 0 saturated heterocycles. The second kappa shape index (κ2) is 7.98. The van der Waals surface area contributed by atoms with E-state index >= 15 is 0 Å². The van der Waals surface area contributed by atoms with Crippen molar-refractivity contribution in [3.05, 3.63) is 24.3 Å². The van der Waals surface area contributed by atoms with Crippen molar-refractivity contribution in [3.63, 3.8) is 0 Å². The average Bonchev–Trinajstić information content (AvgIpc) is 2.69. The molecule has 0 heterocycles. The molecule has 1 aliphatic rings. The number of nitrogens with one attached hydrogen (secondary N) is 3. The van der Waals surface area contributed by atoms with Crippen molar-refractivity contribution in [2.24, 2.45) is 0 Å². The zero-order chi connectivity index (χ0) is 15.1. The Morgan fingerprint density at radius 1 is 1.00 bits per heavy atom. The summed E-state index contributed by atoms with van der Waals surface area (Å²) in [6.45, 7) is 1.50. The lowest BCUT2D eigenvalue weighted by Gasteiger charge is -2.19. The van der Waals surface area contributed by atoms with Crippen LogP contribution in [-0.4, -0.2) is 17.1 Å². The van der Waals surface area contributed by atoms with E-state index in [0.29, 0.717) is 11.2 Å². The molecule has 1 aromatic rings. The Morgan fingerprint density at radius 2 is 1.52 bits per heavy atom. The molecule has 21 heavy (non-hydrogen) atoms. The summed E-state index contributed by atoms with van der Waals surface area (Å²) in [5, 5.41) is 10.0. The van der Waals surface area contributed by atoms with Crippen molar-refractivity contribution in [1.82, 2.24) is 5.32 Å². The number of rotatable bonds is 3. The second-order valence-corrected chi connectivity index (χ2v) is 5.95. The molecule has 1 amide bonds. The minimum Gasteiger partial charge on any atom is -0.360 e. The van der Waals surface area contributed by atoms with E-state index in [1.807, 2.05) is 24.3 Å². The van der Waals surface area contributed by atoms with Crippen LogP contribution in [0.2, 0.25) is 0 Å². The largest absolute Gasteiger partial charge is 0.360 e. The van der Waals surface area contributed by atoms with Gasteiger partial charge in [0.15, 0.2) is 5.11 Å². The van der Waals surface area contributed by atoms with Crippen molar-refractivity contribution >= 4 is 34.6 Å². The van der Waals surface area contributed by atoms with Crippen LogP contribution in [0.1, 0.15) is 45.4 Å². The molecule has 5 heteroatoms. The van der Waals surface area contributed by atoms with Crippen molar-refractivity contribution in [2.45, 2.75) is 51.5 Å². The summed E-state index contributed by atoms with van der Waals surface area (Å²) in [5.74, 6) is -0.0683. The topological polar surface area (TPSA) is 53.2 Å². The van der Waals surface area contributed by atoms with E-state index < -0.39 is 0 Å². The van der Waals surface area contributed by atoms with Gasteiger partial charge in [-0.3, -0.25) is 4.79 Å². The predicted molar refractivity (Wildman–Crippen MR) is 91.6 cm³/mol. The molecule has 3 N–H and O–H groups in total. The van der Waals surface area contributed by atoms with Crippen LogP contribution in [0.15, 0.2) is 24.3 Å². The third-order valence-corrected chi connectivity index (χ3v) is 3.87. The van der Waals surface area contributed by atoms with E-state index in [9.17, 15) is 4.79 Å². The molecular formula is C16H23N3OS. The molecule has 1 aromatic carbocycles. The van der Waals surface area contributed by atoms with Crippen molar-refractivity contribution in [3.8, 4) is 0 Å². The number of hydrogen-bond donors (Lipinski definition) is 3. The van der Waals surface area contributed by atoms with Crippen molar-refractivity contribution in [2.75, 3.05) is 10.6 Å². The van der Waals surface area contributed by atoms with Crippen LogP contribution in [0, 0.1) is 0 Å². The SMILES string of the molecule is CC(=O)Nc1ccc(NC(=S)NC2CCCCCC2)cc1. The van der Waals surface area contributed by atoms with Gasteiger partial charge >= 0.3 is 0 Å². The molecule has 1 aliphatic carbocycles. The van der Waals surface area contributed by atoms with Gasteiger partial charge in [-0.1, -0.05) is 25.7 Å². The van der Waals surface area contributed by atoms with Crippen molar-refractivity contribution in [1.29, 1.82) is 0 Å². The Morgan fingerprint density at radius 3 is 2.05 bits per heavy atom. The molecule has 1 fully saturated rings. The van der Waals surface area contributed by atoms with E-state index in [0.717, 1.165) is 11.4 Å². The zero-order valence-corrected chi connectivity index (χ0v) is 13.3. The number of carbonyl (C=O) groups excluding carboxylic acids is 1. The van der Waals surface area contributed by atoms with Gasteiger partial charge in [-0.25, -0.2) is 0 Å². The van der Waals surface area contributed by atoms with Crippen LogP contribution >= 0.6 is 12.2 Å². The first-order valence-electron chi connectivity index (χ1n) is 7.58. The minimum absolute atomic E-state index is 0.0683. The van der Waals surface area contributed by atoms with Gasteiger partial charge in [0.2, 0.25) is 5.91 Å². The maximum absolute atomic E-state index is 11.0. The quantitative estimate of drug-likeness (QED) is 0.589. The Balaban J connectivity index is 1.82. The number of hydrogen-bond acceptors (Lipinski definition) is 2. The van der Waals surface area contributed by atoms with E-state index in [1.165, 1.54) is 45.4 Å². The van der Waals surface area contributed by atoms with Crippen molar-refractivity contribution < 1.29 is 4.79 Å². The molecule has 0 aromatic heterocycles. The number of benzene rings is 1. The van der Waals surface area contributed by atoms with Crippen LogP contribution in [0.4, 0.5) is 11.4 Å². The molecule has 1 saturated carbocycles. The molecule has 0 atom stereocenters. The van der Waals surface area contributed by atoms with E-state index in [4.69, 9.17) is 12.2 Å². The standard InChI is InChI=1S/C16H23N3OS/c1-12(20)17-14-8-10-15(11-9-14)19-16(21)18-13-6-4-2-3-5-7-13/h8-11,13H,2-7H2,1H3,(H,17,20)(H2,18,19,21). The summed E-state index contributed by atoms with van der Waals surface area (Å²) >= 11 is 5.37. The van der Waals surface area contributed by atoms with Crippen LogP contribution < -0.4 is 16.0 Å². The molecule has 0 radical (unpaired) electrons. The highest BCUT2D eigenvalue weighted by Gasteiger charge is 2.12. The number of anilines is 2. The molecule has 2 rings (SSSR count). The molecule has 0 bridgehead atoms. The Hall–Kier alpha value is -1.62. The van der Waals surface area contributed by atoms with E-state index in [2.05, 4.69) is 16.0 Å². The number of amides is 1. The third-order valence-electron chi connectivity index (χ3n) is 3.65. The first-order valence-corrected chi connectivity index (χ1v) is 7.99. The van der Waals surface area contributed by atoms with Gasteiger partial charge in [-0.05, 0) is 49.3 Å². The summed E-state index contributed by atoms with van der Waals surface area (Å²) in [6, 6.07) is 8.03. The minimum atomic E-state index is -0.0683. The Bertz CT molecular complexity index is 479. The fourth-order valence-electron chi connectivity index (χ4n) is 2.62. The molecular weight excluding hydrogens is 282 g/mol. The fourth-order valence-corrected chi connectivity index (χ4v) is 2.90. The normalized spacial score (nSPS) is 15.9. The highest BCUT2D eigenvalue weighted by atomic mass is 32.1. The highest BCUT2D eigenvalue weighted by molar-refractivity contribution is 7.80. The average molecular weight is 305 g/mol. The van der Waals surface area contributed by atoms with Gasteiger partial charge in [0, 0.05) is 24.3 Å². The van der Waals surface area contributed by atoms with Crippen LogP contribution in [0.25, 0.3) is 0 Å². The number of thiocarbonyl (C=S) groups is 1. The lowest BCUT2D eigenvalue weighted by atomic mass is 10.1. The van der Waals surface area contributed by atoms with E-state index in [-0.39, 0.29) is 5.91 Å². The first kappa shape index (κ1) is 15.8. The number of carbonyl (C=O) groups is 1. The molecule has 4 nitrogen and oxygen atoms in total. The molecule has 0 unspecified atom stereocenters. The molecule has 0 spiro atoms. The monoisotopic (exact) mass is 305 g/mol. The van der Waals surface area contributed by atoms with Gasteiger partial charge in [0.05, 0.1) is 0 Å². The summed E-state index contributed by atoms with van der Waals surface area (Å²) < 4.78 is 0. The molecule has 114 valence electrons. The van der Waals surface area contributed by atoms with Gasteiger partial charge < -0.3 is 16.0 Å². The Kier molecular flexibility index (Phi) is 5.99. The lowest BCUT2D eigenvalue weighted by Crippen LogP contribution is -2.37. The van der Waals surface area contributed by atoms with Crippen LogP contribution in [0.5, 0.6) is 0 Å². The lowest BCUT2D eigenvalue weighted by molar-refractivity contribution is -0.114. The highest BCUT2D eigenvalue weighted by Crippen LogP contribution is 2.18. The Labute approximate surface area is 131 Å². The predicted octanol–water partition coefficient (Wildman–Crippen LogP) is 3.65. The maximum atomic E-state index is 11.0. The summed E-state index contributed by atoms with van der Waals surface area (Å²) in [7, 11) is 0. The summed E-state index contributed by atoms with van der Waals surface area (Å²) in [4.78, 5) is 11.0. The fraction of sp³-hybridized carbons (Fsp3) is 0.500. The second-order valence-electron chi connectivity index (χ2n) is 5.55. The smallest absolute Gasteiger partial charge is 0.221 e. The van der Waals surface area contributed by atoms with Gasteiger partial charge in [0.25, 0.3) is 0 Å². The zero-order valence-electron chi connectivity index (χ0n) is 12.4. The van der Waals surface area contributed by atoms with Crippen LogP contribution in [0.3, 0.4) is 0 Å². The molecule has 0 aliphatic heterocycles. The van der Waals surface area contributed by atoms with Crippen LogP contribution in [-0.2, 0) is 4.79 Å². The maximum Gasteiger partial charge on any atom is 0.221 e. The van der Waals surface area contributed by atoms with Gasteiger partial charge in [0.1, 0.15) is 0 Å². The van der Waals surface area contributed by atoms with Gasteiger partial charge in [-0.15, -0.1) is 0 Å².